The molecule has 0 radical (unpaired) electrons. The molecule has 4 rings (SSSR count). The lowest BCUT2D eigenvalue weighted by Crippen LogP contribution is -2.02. The van der Waals surface area contributed by atoms with E-state index in [1.54, 1.807) is 4.68 Å². The molecule has 0 amide bonds. The molecule has 0 atom stereocenters. The molecule has 0 unspecified atom stereocenters. The van der Waals surface area contributed by atoms with E-state index in [0.29, 0.717) is 0 Å². The Bertz CT molecular complexity index is 864. The summed E-state index contributed by atoms with van der Waals surface area (Å²) in [6, 6.07) is 12.5. The maximum Gasteiger partial charge on any atom is 0.113 e. The molecule has 116 valence electrons. The summed E-state index contributed by atoms with van der Waals surface area (Å²) in [6.07, 6.45) is 6.94. The van der Waals surface area contributed by atoms with Crippen molar-refractivity contribution in [3.05, 3.63) is 59.3 Å². The van der Waals surface area contributed by atoms with Gasteiger partial charge in [0.25, 0.3) is 0 Å². The minimum absolute atomic E-state index is 0.733. The number of fused-ring (bicyclic) bond motifs is 1. The Morgan fingerprint density at radius 1 is 1.00 bits per heavy atom. The van der Waals surface area contributed by atoms with E-state index in [1.807, 2.05) is 24.4 Å². The molecule has 0 bridgehead atoms. The van der Waals surface area contributed by atoms with Crippen LogP contribution in [-0.4, -0.2) is 15.0 Å². The van der Waals surface area contributed by atoms with E-state index in [1.165, 1.54) is 36.8 Å². The lowest BCUT2D eigenvalue weighted by atomic mass is 9.90. The van der Waals surface area contributed by atoms with Crippen molar-refractivity contribution in [3.63, 3.8) is 0 Å². The molecular formula is C19H20N4. The van der Waals surface area contributed by atoms with Gasteiger partial charge in [-0.2, -0.15) is 0 Å². The zero-order valence-corrected chi connectivity index (χ0v) is 13.3. The van der Waals surface area contributed by atoms with Gasteiger partial charge in [0, 0.05) is 11.3 Å². The van der Waals surface area contributed by atoms with Crippen molar-refractivity contribution < 1.29 is 0 Å². The van der Waals surface area contributed by atoms with Gasteiger partial charge in [-0.1, -0.05) is 23.4 Å². The Hall–Kier alpha value is -2.62. The number of benzene rings is 2. The van der Waals surface area contributed by atoms with Crippen molar-refractivity contribution in [1.82, 2.24) is 15.0 Å². The fourth-order valence-electron chi connectivity index (χ4n) is 3.28. The second-order valence-electron chi connectivity index (χ2n) is 6.28. The number of aromatic nitrogens is 3. The van der Waals surface area contributed by atoms with Crippen LogP contribution in [0.4, 0.5) is 5.69 Å². The zero-order chi connectivity index (χ0) is 15.8. The van der Waals surface area contributed by atoms with E-state index in [-0.39, 0.29) is 0 Å². The first kappa shape index (κ1) is 14.0. The number of aryl methyl sites for hydroxylation is 3. The highest BCUT2D eigenvalue weighted by molar-refractivity contribution is 5.61. The van der Waals surface area contributed by atoms with E-state index in [0.717, 1.165) is 28.2 Å². The first-order valence-electron chi connectivity index (χ1n) is 8.12. The highest BCUT2D eigenvalue weighted by Crippen LogP contribution is 2.27. The number of nitrogens with two attached hydrogens (primary N) is 1. The molecule has 0 saturated carbocycles. The van der Waals surface area contributed by atoms with Gasteiger partial charge in [0.05, 0.1) is 11.9 Å². The third-order valence-electron chi connectivity index (χ3n) is 4.62. The third-order valence-corrected chi connectivity index (χ3v) is 4.62. The minimum atomic E-state index is 0.733. The van der Waals surface area contributed by atoms with Crippen molar-refractivity contribution in [3.8, 4) is 16.9 Å². The fraction of sp³-hybridized carbons (Fsp3) is 0.263. The lowest BCUT2D eigenvalue weighted by Gasteiger charge is -2.15. The van der Waals surface area contributed by atoms with Crippen LogP contribution in [0.1, 0.15) is 29.5 Å². The van der Waals surface area contributed by atoms with Crippen molar-refractivity contribution in [1.29, 1.82) is 0 Å². The molecule has 1 heterocycles. The van der Waals surface area contributed by atoms with E-state index in [4.69, 9.17) is 5.73 Å². The predicted octanol–water partition coefficient (Wildman–Crippen LogP) is 3.70. The molecule has 4 heteroatoms. The van der Waals surface area contributed by atoms with Crippen molar-refractivity contribution in [2.45, 2.75) is 32.6 Å². The number of nitrogen functional groups attached to an aromatic ring is 1. The van der Waals surface area contributed by atoms with Gasteiger partial charge in [0.2, 0.25) is 0 Å². The van der Waals surface area contributed by atoms with Crippen LogP contribution in [0.2, 0.25) is 0 Å². The monoisotopic (exact) mass is 304 g/mol. The van der Waals surface area contributed by atoms with Crippen LogP contribution >= 0.6 is 0 Å². The van der Waals surface area contributed by atoms with E-state index in [9.17, 15) is 0 Å². The number of rotatable bonds is 2. The smallest absolute Gasteiger partial charge is 0.113 e. The van der Waals surface area contributed by atoms with Crippen molar-refractivity contribution >= 4 is 5.69 Å². The summed E-state index contributed by atoms with van der Waals surface area (Å²) in [5, 5.41) is 8.64. The molecule has 2 N–H and O–H groups in total. The zero-order valence-electron chi connectivity index (χ0n) is 13.3. The van der Waals surface area contributed by atoms with Gasteiger partial charge in [-0.15, -0.1) is 5.10 Å². The maximum absolute atomic E-state index is 5.90. The van der Waals surface area contributed by atoms with Crippen LogP contribution < -0.4 is 5.73 Å². The summed E-state index contributed by atoms with van der Waals surface area (Å²) in [6.45, 7) is 2.05. The molecule has 0 aliphatic heterocycles. The quantitative estimate of drug-likeness (QED) is 0.734. The molecule has 0 saturated heterocycles. The number of hydrogen-bond acceptors (Lipinski definition) is 3. The molecule has 1 aliphatic rings. The molecule has 1 aliphatic carbocycles. The van der Waals surface area contributed by atoms with E-state index in [2.05, 4.69) is 35.4 Å². The Morgan fingerprint density at radius 2 is 1.83 bits per heavy atom. The normalized spacial score (nSPS) is 13.8. The summed E-state index contributed by atoms with van der Waals surface area (Å²) in [4.78, 5) is 0. The minimum Gasteiger partial charge on any atom is -0.399 e. The number of hydrogen-bond donors (Lipinski definition) is 1. The van der Waals surface area contributed by atoms with Crippen LogP contribution in [0, 0.1) is 6.92 Å². The lowest BCUT2D eigenvalue weighted by molar-refractivity contribution is 0.686. The summed E-state index contributed by atoms with van der Waals surface area (Å²) >= 11 is 0. The summed E-state index contributed by atoms with van der Waals surface area (Å²) < 4.78 is 1.81. The molecule has 2 aromatic carbocycles. The van der Waals surface area contributed by atoms with Crippen LogP contribution in [-0.2, 0) is 12.8 Å². The van der Waals surface area contributed by atoms with Gasteiger partial charge >= 0.3 is 0 Å². The van der Waals surface area contributed by atoms with Gasteiger partial charge < -0.3 is 5.73 Å². The third kappa shape index (κ3) is 2.61. The molecule has 1 aromatic heterocycles. The van der Waals surface area contributed by atoms with Gasteiger partial charge in [-0.25, -0.2) is 4.68 Å². The predicted molar refractivity (Wildman–Crippen MR) is 92.6 cm³/mol. The maximum atomic E-state index is 5.90. The largest absolute Gasteiger partial charge is 0.399 e. The highest BCUT2D eigenvalue weighted by Gasteiger charge is 2.12. The molecule has 0 spiro atoms. The average Bonchev–Trinajstić information content (AvgIpc) is 3.06. The highest BCUT2D eigenvalue weighted by atomic mass is 15.4. The van der Waals surface area contributed by atoms with E-state index < -0.39 is 0 Å². The summed E-state index contributed by atoms with van der Waals surface area (Å²) in [7, 11) is 0. The van der Waals surface area contributed by atoms with Gasteiger partial charge in [-0.05, 0) is 67.5 Å². The Balaban J connectivity index is 1.72. The fourth-order valence-corrected chi connectivity index (χ4v) is 3.28. The van der Waals surface area contributed by atoms with E-state index >= 15 is 0 Å². The Kier molecular flexibility index (Phi) is 3.37. The first-order valence-corrected chi connectivity index (χ1v) is 8.12. The first-order chi connectivity index (χ1) is 11.2. The van der Waals surface area contributed by atoms with Crippen LogP contribution in [0.25, 0.3) is 16.9 Å². The van der Waals surface area contributed by atoms with Gasteiger partial charge in [-0.3, -0.25) is 0 Å². The second kappa shape index (κ2) is 5.54. The van der Waals surface area contributed by atoms with Gasteiger partial charge in [0.15, 0.2) is 0 Å². The summed E-state index contributed by atoms with van der Waals surface area (Å²) in [5.41, 5.74) is 13.7. The molecule has 4 nitrogen and oxygen atoms in total. The van der Waals surface area contributed by atoms with Crippen LogP contribution in [0.5, 0.6) is 0 Å². The molecular weight excluding hydrogens is 284 g/mol. The molecule has 3 aromatic rings. The molecule has 0 fully saturated rings. The van der Waals surface area contributed by atoms with Crippen molar-refractivity contribution in [2.24, 2.45) is 0 Å². The Labute approximate surface area is 135 Å². The Morgan fingerprint density at radius 3 is 2.70 bits per heavy atom. The van der Waals surface area contributed by atoms with Crippen LogP contribution in [0.3, 0.4) is 0 Å². The second-order valence-corrected chi connectivity index (χ2v) is 6.28. The molecule has 23 heavy (non-hydrogen) atoms. The topological polar surface area (TPSA) is 56.7 Å². The van der Waals surface area contributed by atoms with Gasteiger partial charge in [0.1, 0.15) is 5.69 Å². The average molecular weight is 304 g/mol. The standard InChI is InChI=1S/C19H20N4/c1-13-6-9-17(20)11-19(13)23-12-18(21-22-23)16-8-7-14-4-2-3-5-15(14)10-16/h6-12H,2-5,20H2,1H3. The summed E-state index contributed by atoms with van der Waals surface area (Å²) in [5.74, 6) is 0. The number of nitrogens with zero attached hydrogens (tertiary/aromatic N) is 3. The van der Waals surface area contributed by atoms with Crippen molar-refractivity contribution in [2.75, 3.05) is 5.73 Å². The SMILES string of the molecule is Cc1ccc(N)cc1-n1cc(-c2ccc3c(c2)CCCC3)nn1. The number of anilines is 1. The van der Waals surface area contributed by atoms with Crippen LogP contribution in [0.15, 0.2) is 42.6 Å².